The number of phenolic OH excluding ortho intramolecular Hbond substituents is 2. The first-order valence-corrected chi connectivity index (χ1v) is 3.96. The average Bonchev–Trinajstić information content (AvgIpc) is 2.12. The van der Waals surface area contributed by atoms with Crippen LogP contribution in [0.1, 0.15) is 5.69 Å². The first-order valence-electron chi connectivity index (χ1n) is 3.96. The van der Waals surface area contributed by atoms with Gasteiger partial charge in [0.25, 0.3) is 0 Å². The number of hydrogen-bond donors (Lipinski definition) is 2. The average molecular weight is 175 g/mol. The third kappa shape index (κ3) is 1.18. The summed E-state index contributed by atoms with van der Waals surface area (Å²) in [4.78, 5) is 4.04. The van der Waals surface area contributed by atoms with Crippen LogP contribution >= 0.6 is 0 Å². The summed E-state index contributed by atoms with van der Waals surface area (Å²) in [7, 11) is 0. The van der Waals surface area contributed by atoms with Gasteiger partial charge in [0.05, 0.1) is 0 Å². The SMILES string of the molecule is Cc1cc2ccc(O)c(O)c2cn1. The predicted octanol–water partition coefficient (Wildman–Crippen LogP) is 1.95. The maximum Gasteiger partial charge on any atom is 0.166 e. The highest BCUT2D eigenvalue weighted by Gasteiger charge is 2.04. The molecule has 3 nitrogen and oxygen atoms in total. The van der Waals surface area contributed by atoms with Gasteiger partial charge >= 0.3 is 0 Å². The van der Waals surface area contributed by atoms with E-state index < -0.39 is 0 Å². The number of hydrogen-bond acceptors (Lipinski definition) is 3. The molecule has 0 aliphatic carbocycles. The van der Waals surface area contributed by atoms with Gasteiger partial charge in [-0.15, -0.1) is 0 Å². The van der Waals surface area contributed by atoms with Crippen molar-refractivity contribution in [2.75, 3.05) is 0 Å². The molecule has 0 fully saturated rings. The van der Waals surface area contributed by atoms with Crippen LogP contribution in [0.4, 0.5) is 0 Å². The standard InChI is InChI=1S/C10H9NO2/c1-6-4-7-2-3-9(12)10(13)8(7)5-11-6/h2-5,12-13H,1H3. The van der Waals surface area contributed by atoms with Crippen LogP contribution in [0.3, 0.4) is 0 Å². The molecule has 0 spiro atoms. The Bertz CT molecular complexity index is 466. The maximum atomic E-state index is 9.46. The van der Waals surface area contributed by atoms with E-state index >= 15 is 0 Å². The monoisotopic (exact) mass is 175 g/mol. The van der Waals surface area contributed by atoms with Crippen LogP contribution in [-0.2, 0) is 0 Å². The lowest BCUT2D eigenvalue weighted by molar-refractivity contribution is 0.408. The normalized spacial score (nSPS) is 10.5. The molecule has 0 unspecified atom stereocenters. The molecule has 0 aliphatic rings. The smallest absolute Gasteiger partial charge is 0.166 e. The van der Waals surface area contributed by atoms with Gasteiger partial charge in [-0.2, -0.15) is 0 Å². The Labute approximate surface area is 75.3 Å². The summed E-state index contributed by atoms with van der Waals surface area (Å²) in [6.45, 7) is 1.88. The zero-order chi connectivity index (χ0) is 9.42. The number of nitrogens with zero attached hydrogens (tertiary/aromatic N) is 1. The summed E-state index contributed by atoms with van der Waals surface area (Å²) in [6.07, 6.45) is 1.56. The van der Waals surface area contributed by atoms with E-state index in [1.54, 1.807) is 12.3 Å². The molecule has 1 aromatic carbocycles. The highest BCUT2D eigenvalue weighted by Crippen LogP contribution is 2.32. The highest BCUT2D eigenvalue weighted by molar-refractivity contribution is 5.89. The number of aryl methyl sites for hydroxylation is 1. The number of benzene rings is 1. The molecule has 0 aliphatic heterocycles. The number of pyridine rings is 1. The van der Waals surface area contributed by atoms with Crippen molar-refractivity contribution in [3.8, 4) is 11.5 Å². The lowest BCUT2D eigenvalue weighted by Gasteiger charge is -2.02. The first-order chi connectivity index (χ1) is 6.18. The minimum atomic E-state index is -0.113. The first kappa shape index (κ1) is 7.86. The van der Waals surface area contributed by atoms with Crippen molar-refractivity contribution in [1.82, 2.24) is 4.98 Å². The minimum absolute atomic E-state index is 0.106. The molecule has 66 valence electrons. The van der Waals surface area contributed by atoms with E-state index in [0.717, 1.165) is 11.1 Å². The molecule has 1 heterocycles. The molecule has 0 amide bonds. The number of fused-ring (bicyclic) bond motifs is 1. The van der Waals surface area contributed by atoms with E-state index in [-0.39, 0.29) is 11.5 Å². The Hall–Kier alpha value is -1.77. The number of aromatic hydroxyl groups is 2. The Balaban J connectivity index is 2.87. The van der Waals surface area contributed by atoms with E-state index in [2.05, 4.69) is 4.98 Å². The molecule has 0 atom stereocenters. The van der Waals surface area contributed by atoms with Crippen molar-refractivity contribution in [2.24, 2.45) is 0 Å². The molecule has 2 aromatic rings. The predicted molar refractivity (Wildman–Crippen MR) is 49.8 cm³/mol. The molecule has 2 N–H and O–H groups in total. The summed E-state index contributed by atoms with van der Waals surface area (Å²) < 4.78 is 0. The van der Waals surface area contributed by atoms with Crippen LogP contribution in [0.2, 0.25) is 0 Å². The van der Waals surface area contributed by atoms with Gasteiger partial charge in [-0.3, -0.25) is 4.98 Å². The Kier molecular flexibility index (Phi) is 1.59. The summed E-state index contributed by atoms with van der Waals surface area (Å²) in [5.41, 5.74) is 0.887. The lowest BCUT2D eigenvalue weighted by atomic mass is 10.1. The molecule has 0 saturated carbocycles. The largest absolute Gasteiger partial charge is 0.504 e. The molecule has 1 aromatic heterocycles. The molecule has 0 bridgehead atoms. The van der Waals surface area contributed by atoms with Crippen molar-refractivity contribution >= 4 is 10.8 Å². The van der Waals surface area contributed by atoms with E-state index in [9.17, 15) is 10.2 Å². The fourth-order valence-electron chi connectivity index (χ4n) is 1.30. The molecule has 2 rings (SSSR count). The lowest BCUT2D eigenvalue weighted by Crippen LogP contribution is -1.81. The Morgan fingerprint density at radius 3 is 2.77 bits per heavy atom. The van der Waals surface area contributed by atoms with Gasteiger partial charge in [0.15, 0.2) is 11.5 Å². The van der Waals surface area contributed by atoms with E-state index in [0.29, 0.717) is 5.39 Å². The second kappa shape index (κ2) is 2.62. The summed E-state index contributed by atoms with van der Waals surface area (Å²) in [5.74, 6) is -0.219. The quantitative estimate of drug-likeness (QED) is 0.602. The molecule has 3 heteroatoms. The summed E-state index contributed by atoms with van der Waals surface area (Å²) >= 11 is 0. The van der Waals surface area contributed by atoms with Crippen molar-refractivity contribution < 1.29 is 10.2 Å². The fourth-order valence-corrected chi connectivity index (χ4v) is 1.30. The minimum Gasteiger partial charge on any atom is -0.504 e. The van der Waals surface area contributed by atoms with Crippen LogP contribution < -0.4 is 0 Å². The van der Waals surface area contributed by atoms with Gasteiger partial charge in [-0.05, 0) is 24.4 Å². The molecule has 13 heavy (non-hydrogen) atoms. The number of aromatic nitrogens is 1. The fraction of sp³-hybridized carbons (Fsp3) is 0.100. The van der Waals surface area contributed by atoms with Gasteiger partial charge in [-0.1, -0.05) is 6.07 Å². The van der Waals surface area contributed by atoms with Crippen LogP contribution in [0.15, 0.2) is 24.4 Å². The Morgan fingerprint density at radius 1 is 1.23 bits per heavy atom. The van der Waals surface area contributed by atoms with Crippen LogP contribution in [0, 0.1) is 6.92 Å². The van der Waals surface area contributed by atoms with Crippen molar-refractivity contribution in [3.63, 3.8) is 0 Å². The maximum absolute atomic E-state index is 9.46. The molecule has 0 saturated heterocycles. The molecular formula is C10H9NO2. The van der Waals surface area contributed by atoms with Crippen LogP contribution in [-0.4, -0.2) is 15.2 Å². The third-order valence-corrected chi connectivity index (χ3v) is 1.99. The van der Waals surface area contributed by atoms with E-state index in [4.69, 9.17) is 0 Å². The second-order valence-electron chi connectivity index (χ2n) is 2.98. The third-order valence-electron chi connectivity index (χ3n) is 1.99. The van der Waals surface area contributed by atoms with Gasteiger partial charge in [0.2, 0.25) is 0 Å². The van der Waals surface area contributed by atoms with Crippen molar-refractivity contribution in [3.05, 3.63) is 30.1 Å². The number of rotatable bonds is 0. The van der Waals surface area contributed by atoms with E-state index in [1.807, 2.05) is 13.0 Å². The van der Waals surface area contributed by atoms with Gasteiger partial charge < -0.3 is 10.2 Å². The van der Waals surface area contributed by atoms with Crippen molar-refractivity contribution in [1.29, 1.82) is 0 Å². The van der Waals surface area contributed by atoms with E-state index in [1.165, 1.54) is 6.07 Å². The zero-order valence-electron chi connectivity index (χ0n) is 7.15. The van der Waals surface area contributed by atoms with Crippen LogP contribution in [0.5, 0.6) is 11.5 Å². The van der Waals surface area contributed by atoms with Gasteiger partial charge in [-0.25, -0.2) is 0 Å². The number of phenols is 2. The summed E-state index contributed by atoms with van der Waals surface area (Å²) in [6, 6.07) is 5.07. The summed E-state index contributed by atoms with van der Waals surface area (Å²) in [5, 5.41) is 20.1. The van der Waals surface area contributed by atoms with Gasteiger partial charge in [0, 0.05) is 17.3 Å². The molecular weight excluding hydrogens is 166 g/mol. The Morgan fingerprint density at radius 2 is 2.00 bits per heavy atom. The van der Waals surface area contributed by atoms with Gasteiger partial charge in [0.1, 0.15) is 0 Å². The highest BCUT2D eigenvalue weighted by atomic mass is 16.3. The van der Waals surface area contributed by atoms with Crippen LogP contribution in [0.25, 0.3) is 10.8 Å². The van der Waals surface area contributed by atoms with Crippen molar-refractivity contribution in [2.45, 2.75) is 6.92 Å². The molecule has 0 radical (unpaired) electrons. The second-order valence-corrected chi connectivity index (χ2v) is 2.98. The topological polar surface area (TPSA) is 53.4 Å². The zero-order valence-corrected chi connectivity index (χ0v) is 7.15.